The van der Waals surface area contributed by atoms with E-state index in [1.807, 2.05) is 4.90 Å². The van der Waals surface area contributed by atoms with E-state index in [1.165, 1.54) is 18.9 Å². The van der Waals surface area contributed by atoms with E-state index in [0.717, 1.165) is 13.1 Å². The molecule has 2 atom stereocenters. The lowest BCUT2D eigenvalue weighted by molar-refractivity contribution is 0.352. The Kier molecular flexibility index (Phi) is 2.84. The van der Waals surface area contributed by atoms with Crippen molar-refractivity contribution in [1.82, 2.24) is 9.97 Å². The van der Waals surface area contributed by atoms with Gasteiger partial charge in [0.1, 0.15) is 6.33 Å². The Hall–Kier alpha value is -1.19. The zero-order valence-corrected chi connectivity index (χ0v) is 9.15. The molecule has 0 spiro atoms. The van der Waals surface area contributed by atoms with E-state index in [1.54, 1.807) is 0 Å². The number of hydrogen-bond donors (Lipinski definition) is 0. The quantitative estimate of drug-likeness (QED) is 0.709. The number of piperidine rings is 1. The minimum Gasteiger partial charge on any atom is -0.354 e. The largest absolute Gasteiger partial charge is 0.354 e. The summed E-state index contributed by atoms with van der Waals surface area (Å²) in [6, 6.07) is 0. The smallest absolute Gasteiger partial charge is 0.183 e. The van der Waals surface area contributed by atoms with Gasteiger partial charge in [-0.05, 0) is 18.3 Å². The summed E-state index contributed by atoms with van der Waals surface area (Å²) in [7, 11) is 0. The fourth-order valence-electron chi connectivity index (χ4n) is 2.37. The lowest BCUT2D eigenvalue weighted by Gasteiger charge is -2.35. The van der Waals surface area contributed by atoms with E-state index in [-0.39, 0.29) is 5.82 Å². The highest BCUT2D eigenvalue weighted by Crippen LogP contribution is 2.25. The molecule has 2 rings (SSSR count). The molecule has 15 heavy (non-hydrogen) atoms. The summed E-state index contributed by atoms with van der Waals surface area (Å²) in [5, 5.41) is 0. The van der Waals surface area contributed by atoms with E-state index in [0.29, 0.717) is 17.7 Å². The summed E-state index contributed by atoms with van der Waals surface area (Å²) < 4.78 is 13.5. The Morgan fingerprint density at radius 3 is 2.60 bits per heavy atom. The van der Waals surface area contributed by atoms with Gasteiger partial charge in [0.25, 0.3) is 0 Å². The van der Waals surface area contributed by atoms with Gasteiger partial charge >= 0.3 is 0 Å². The van der Waals surface area contributed by atoms with E-state index >= 15 is 0 Å². The molecule has 0 saturated carbocycles. The van der Waals surface area contributed by atoms with Crippen molar-refractivity contribution in [2.24, 2.45) is 11.8 Å². The molecule has 0 N–H and O–H groups in total. The standard InChI is InChI=1S/C11H16FN3/c1-8-3-9(2)6-15(5-8)11-10(12)4-13-7-14-11/h4,7-9H,3,5-6H2,1-2H3. The maximum Gasteiger partial charge on any atom is 0.183 e. The van der Waals surface area contributed by atoms with Crippen LogP contribution in [0.1, 0.15) is 20.3 Å². The van der Waals surface area contributed by atoms with Gasteiger partial charge in [-0.2, -0.15) is 0 Å². The van der Waals surface area contributed by atoms with Crippen LogP contribution in [0.3, 0.4) is 0 Å². The molecule has 0 radical (unpaired) electrons. The van der Waals surface area contributed by atoms with E-state index in [9.17, 15) is 4.39 Å². The maximum atomic E-state index is 13.5. The number of rotatable bonds is 1. The van der Waals surface area contributed by atoms with Crippen molar-refractivity contribution < 1.29 is 4.39 Å². The van der Waals surface area contributed by atoms with Crippen LogP contribution in [-0.4, -0.2) is 23.1 Å². The van der Waals surface area contributed by atoms with E-state index in [2.05, 4.69) is 23.8 Å². The van der Waals surface area contributed by atoms with Crippen LogP contribution < -0.4 is 4.90 Å². The fourth-order valence-corrected chi connectivity index (χ4v) is 2.37. The van der Waals surface area contributed by atoms with Gasteiger partial charge in [0.15, 0.2) is 11.6 Å². The van der Waals surface area contributed by atoms with Crippen LogP contribution in [0.4, 0.5) is 10.2 Å². The first kappa shape index (κ1) is 10.3. The molecule has 0 amide bonds. The molecular weight excluding hydrogens is 193 g/mol. The van der Waals surface area contributed by atoms with Crippen molar-refractivity contribution in [2.45, 2.75) is 20.3 Å². The Morgan fingerprint density at radius 2 is 2.00 bits per heavy atom. The van der Waals surface area contributed by atoms with Crippen LogP contribution in [-0.2, 0) is 0 Å². The lowest BCUT2D eigenvalue weighted by Crippen LogP contribution is -2.39. The molecule has 4 heteroatoms. The molecule has 1 fully saturated rings. The number of nitrogens with zero attached hydrogens (tertiary/aromatic N) is 3. The summed E-state index contributed by atoms with van der Waals surface area (Å²) in [6.07, 6.45) is 3.85. The maximum absolute atomic E-state index is 13.5. The van der Waals surface area contributed by atoms with Crippen LogP contribution in [0, 0.1) is 17.7 Å². The summed E-state index contributed by atoms with van der Waals surface area (Å²) in [6.45, 7) is 6.17. The second kappa shape index (κ2) is 4.13. The normalized spacial score (nSPS) is 26.7. The lowest BCUT2D eigenvalue weighted by atomic mass is 9.92. The summed E-state index contributed by atoms with van der Waals surface area (Å²) in [5.74, 6) is 1.33. The molecule has 0 aromatic carbocycles. The minimum absolute atomic E-state index is 0.321. The van der Waals surface area contributed by atoms with Gasteiger partial charge < -0.3 is 4.90 Å². The summed E-state index contributed by atoms with van der Waals surface area (Å²) >= 11 is 0. The van der Waals surface area contributed by atoms with Crippen molar-refractivity contribution in [3.63, 3.8) is 0 Å². The second-order valence-electron chi connectivity index (χ2n) is 4.55. The molecule has 3 nitrogen and oxygen atoms in total. The SMILES string of the molecule is CC1CC(C)CN(c2ncncc2F)C1. The minimum atomic E-state index is -0.321. The Bertz CT molecular complexity index is 332. The number of hydrogen-bond acceptors (Lipinski definition) is 3. The number of halogens is 1. The molecule has 1 aromatic heterocycles. The predicted molar refractivity (Wildman–Crippen MR) is 57.1 cm³/mol. The second-order valence-corrected chi connectivity index (χ2v) is 4.55. The number of anilines is 1. The van der Waals surface area contributed by atoms with Crippen LogP contribution in [0.5, 0.6) is 0 Å². The van der Waals surface area contributed by atoms with Crippen molar-refractivity contribution in [3.8, 4) is 0 Å². The highest BCUT2D eigenvalue weighted by Gasteiger charge is 2.24. The fraction of sp³-hybridized carbons (Fsp3) is 0.636. The molecule has 82 valence electrons. The van der Waals surface area contributed by atoms with Gasteiger partial charge in [0, 0.05) is 13.1 Å². The average molecular weight is 209 g/mol. The molecule has 1 aromatic rings. The third-order valence-corrected chi connectivity index (χ3v) is 2.82. The zero-order chi connectivity index (χ0) is 10.8. The molecule has 1 aliphatic rings. The van der Waals surface area contributed by atoms with Gasteiger partial charge in [-0.3, -0.25) is 0 Å². The first-order chi connectivity index (χ1) is 7.16. The van der Waals surface area contributed by atoms with Crippen molar-refractivity contribution in [2.75, 3.05) is 18.0 Å². The topological polar surface area (TPSA) is 29.0 Å². The number of aromatic nitrogens is 2. The van der Waals surface area contributed by atoms with E-state index in [4.69, 9.17) is 0 Å². The molecule has 0 bridgehead atoms. The van der Waals surface area contributed by atoms with Crippen molar-refractivity contribution in [1.29, 1.82) is 0 Å². The summed E-state index contributed by atoms with van der Waals surface area (Å²) in [5.41, 5.74) is 0. The van der Waals surface area contributed by atoms with Crippen molar-refractivity contribution >= 4 is 5.82 Å². The highest BCUT2D eigenvalue weighted by molar-refractivity contribution is 5.38. The van der Waals surface area contributed by atoms with Crippen LogP contribution >= 0.6 is 0 Å². The first-order valence-corrected chi connectivity index (χ1v) is 5.37. The summed E-state index contributed by atoms with van der Waals surface area (Å²) in [4.78, 5) is 9.70. The van der Waals surface area contributed by atoms with Crippen LogP contribution in [0.2, 0.25) is 0 Å². The molecule has 1 aliphatic heterocycles. The highest BCUT2D eigenvalue weighted by atomic mass is 19.1. The molecule has 0 aliphatic carbocycles. The van der Waals surface area contributed by atoms with Crippen molar-refractivity contribution in [3.05, 3.63) is 18.3 Å². The Balaban J connectivity index is 2.20. The molecule has 1 saturated heterocycles. The average Bonchev–Trinajstić information content (AvgIpc) is 2.16. The third kappa shape index (κ3) is 2.25. The van der Waals surface area contributed by atoms with Gasteiger partial charge in [0.05, 0.1) is 6.20 Å². The molecule has 2 unspecified atom stereocenters. The zero-order valence-electron chi connectivity index (χ0n) is 9.15. The molecule has 2 heterocycles. The van der Waals surface area contributed by atoms with Crippen LogP contribution in [0.25, 0.3) is 0 Å². The van der Waals surface area contributed by atoms with Gasteiger partial charge in [0.2, 0.25) is 0 Å². The van der Waals surface area contributed by atoms with Gasteiger partial charge in [-0.1, -0.05) is 13.8 Å². The van der Waals surface area contributed by atoms with E-state index < -0.39 is 0 Å². The predicted octanol–water partition coefficient (Wildman–Crippen LogP) is 2.10. The first-order valence-electron chi connectivity index (χ1n) is 5.37. The van der Waals surface area contributed by atoms with Gasteiger partial charge in [-0.15, -0.1) is 0 Å². The van der Waals surface area contributed by atoms with Gasteiger partial charge in [-0.25, -0.2) is 14.4 Å². The monoisotopic (exact) mass is 209 g/mol. The Morgan fingerprint density at radius 1 is 1.33 bits per heavy atom. The Labute approximate surface area is 89.3 Å². The third-order valence-electron chi connectivity index (χ3n) is 2.82. The van der Waals surface area contributed by atoms with Crippen LogP contribution in [0.15, 0.2) is 12.5 Å². The molecular formula is C11H16FN3.